The van der Waals surface area contributed by atoms with Gasteiger partial charge in [-0.2, -0.15) is 5.26 Å². The van der Waals surface area contributed by atoms with Crippen molar-refractivity contribution in [3.8, 4) is 6.07 Å². The maximum atomic E-state index is 9.01. The summed E-state index contributed by atoms with van der Waals surface area (Å²) in [6.07, 6.45) is 1.89. The van der Waals surface area contributed by atoms with E-state index in [2.05, 4.69) is 6.07 Å². The predicted octanol–water partition coefficient (Wildman–Crippen LogP) is 2.30. The lowest BCUT2D eigenvalue weighted by atomic mass is 9.92. The second kappa shape index (κ2) is 3.11. The molecule has 1 fully saturated rings. The van der Waals surface area contributed by atoms with Crippen molar-refractivity contribution in [1.29, 1.82) is 5.26 Å². The summed E-state index contributed by atoms with van der Waals surface area (Å²) in [4.78, 5) is 0. The Kier molecular flexibility index (Phi) is 2.05. The summed E-state index contributed by atoms with van der Waals surface area (Å²) in [5.74, 6) is 0. The molecule has 1 saturated carbocycles. The highest BCUT2D eigenvalue weighted by molar-refractivity contribution is 5.30. The molecule has 1 unspecified atom stereocenters. The van der Waals surface area contributed by atoms with Crippen LogP contribution in [0.25, 0.3) is 0 Å². The van der Waals surface area contributed by atoms with Gasteiger partial charge in [0.2, 0.25) is 0 Å². The van der Waals surface area contributed by atoms with Crippen molar-refractivity contribution in [2.45, 2.75) is 25.8 Å². The predicted molar refractivity (Wildman–Crippen MR) is 55.4 cm³/mol. The number of hydrogen-bond donors (Lipinski definition) is 1. The van der Waals surface area contributed by atoms with Gasteiger partial charge in [0.05, 0.1) is 11.5 Å². The molecule has 72 valence electrons. The van der Waals surface area contributed by atoms with E-state index >= 15 is 0 Å². The van der Waals surface area contributed by atoms with Crippen LogP contribution < -0.4 is 5.73 Å². The molecule has 14 heavy (non-hydrogen) atoms. The SMILES string of the molecule is Cc1ccc(C(N)C2(C#N)CC2)cc1. The third-order valence-electron chi connectivity index (χ3n) is 3.04. The topological polar surface area (TPSA) is 49.8 Å². The van der Waals surface area contributed by atoms with Crippen LogP contribution in [0.15, 0.2) is 24.3 Å². The summed E-state index contributed by atoms with van der Waals surface area (Å²) in [6, 6.07) is 10.4. The second-order valence-electron chi connectivity index (χ2n) is 4.16. The van der Waals surface area contributed by atoms with Gasteiger partial charge < -0.3 is 5.73 Å². The van der Waals surface area contributed by atoms with Gasteiger partial charge in [0.25, 0.3) is 0 Å². The van der Waals surface area contributed by atoms with Gasteiger partial charge in [-0.15, -0.1) is 0 Å². The lowest BCUT2D eigenvalue weighted by Gasteiger charge is -2.16. The Hall–Kier alpha value is -1.33. The number of nitrogens with zero attached hydrogens (tertiary/aromatic N) is 1. The van der Waals surface area contributed by atoms with E-state index < -0.39 is 0 Å². The fraction of sp³-hybridized carbons (Fsp3) is 0.417. The molecular weight excluding hydrogens is 172 g/mol. The van der Waals surface area contributed by atoms with E-state index in [4.69, 9.17) is 11.0 Å². The molecule has 2 rings (SSSR count). The van der Waals surface area contributed by atoms with Crippen LogP contribution in [0.4, 0.5) is 0 Å². The summed E-state index contributed by atoms with van der Waals surface area (Å²) in [5.41, 5.74) is 8.11. The first-order valence-electron chi connectivity index (χ1n) is 4.91. The molecule has 1 aliphatic rings. The van der Waals surface area contributed by atoms with Gasteiger partial charge in [0, 0.05) is 6.04 Å². The Morgan fingerprint density at radius 2 is 1.93 bits per heavy atom. The fourth-order valence-corrected chi connectivity index (χ4v) is 1.72. The van der Waals surface area contributed by atoms with Crippen molar-refractivity contribution in [1.82, 2.24) is 0 Å². The average molecular weight is 186 g/mol. The zero-order valence-corrected chi connectivity index (χ0v) is 8.33. The summed E-state index contributed by atoms with van der Waals surface area (Å²) in [6.45, 7) is 2.05. The third-order valence-corrected chi connectivity index (χ3v) is 3.04. The Bertz CT molecular complexity index is 368. The lowest BCUT2D eigenvalue weighted by molar-refractivity contribution is 0.519. The molecule has 1 aromatic carbocycles. The van der Waals surface area contributed by atoms with Crippen LogP contribution >= 0.6 is 0 Å². The van der Waals surface area contributed by atoms with E-state index in [0.717, 1.165) is 18.4 Å². The molecule has 2 heteroatoms. The molecule has 0 bridgehead atoms. The van der Waals surface area contributed by atoms with Crippen LogP contribution in [0.1, 0.15) is 30.0 Å². The first-order chi connectivity index (χ1) is 6.68. The van der Waals surface area contributed by atoms with E-state index in [-0.39, 0.29) is 11.5 Å². The van der Waals surface area contributed by atoms with Crippen LogP contribution in [0, 0.1) is 23.7 Å². The molecule has 0 heterocycles. The molecular formula is C12H14N2. The van der Waals surface area contributed by atoms with Crippen LogP contribution in [0.3, 0.4) is 0 Å². The normalized spacial score (nSPS) is 19.8. The van der Waals surface area contributed by atoms with Crippen molar-refractivity contribution in [2.75, 3.05) is 0 Å². The first-order valence-corrected chi connectivity index (χ1v) is 4.91. The zero-order valence-electron chi connectivity index (χ0n) is 8.33. The quantitative estimate of drug-likeness (QED) is 0.770. The highest BCUT2D eigenvalue weighted by Gasteiger charge is 2.49. The largest absolute Gasteiger partial charge is 0.323 e. The van der Waals surface area contributed by atoms with Crippen LogP contribution in [0.2, 0.25) is 0 Å². The molecule has 0 spiro atoms. The minimum atomic E-state index is -0.269. The molecule has 0 aliphatic heterocycles. The minimum Gasteiger partial charge on any atom is -0.323 e. The molecule has 1 aromatic rings. The van der Waals surface area contributed by atoms with Gasteiger partial charge in [0.1, 0.15) is 0 Å². The molecule has 1 aliphatic carbocycles. The van der Waals surface area contributed by atoms with Gasteiger partial charge in [-0.05, 0) is 25.3 Å². The van der Waals surface area contributed by atoms with Crippen molar-refractivity contribution >= 4 is 0 Å². The summed E-state index contributed by atoms with van der Waals surface area (Å²) in [7, 11) is 0. The van der Waals surface area contributed by atoms with E-state index in [9.17, 15) is 0 Å². The van der Waals surface area contributed by atoms with E-state index in [1.54, 1.807) is 0 Å². The van der Waals surface area contributed by atoms with Crippen LogP contribution in [-0.2, 0) is 0 Å². The average Bonchev–Trinajstić information content (AvgIpc) is 2.99. The number of benzene rings is 1. The monoisotopic (exact) mass is 186 g/mol. The molecule has 2 N–H and O–H groups in total. The lowest BCUT2D eigenvalue weighted by Crippen LogP contribution is -2.21. The molecule has 0 saturated heterocycles. The molecule has 0 aromatic heterocycles. The Balaban J connectivity index is 2.24. The number of aryl methyl sites for hydroxylation is 1. The Morgan fingerprint density at radius 3 is 2.36 bits per heavy atom. The van der Waals surface area contributed by atoms with E-state index in [1.807, 2.05) is 31.2 Å². The molecule has 0 amide bonds. The number of rotatable bonds is 2. The zero-order chi connectivity index (χ0) is 10.2. The van der Waals surface area contributed by atoms with Gasteiger partial charge in [0.15, 0.2) is 0 Å². The van der Waals surface area contributed by atoms with Crippen LogP contribution in [-0.4, -0.2) is 0 Å². The number of nitriles is 1. The van der Waals surface area contributed by atoms with Gasteiger partial charge in [-0.25, -0.2) is 0 Å². The Morgan fingerprint density at radius 1 is 1.36 bits per heavy atom. The van der Waals surface area contributed by atoms with Gasteiger partial charge in [-0.1, -0.05) is 29.8 Å². The highest BCUT2D eigenvalue weighted by atomic mass is 14.7. The second-order valence-corrected chi connectivity index (χ2v) is 4.16. The fourth-order valence-electron chi connectivity index (χ4n) is 1.72. The number of hydrogen-bond acceptors (Lipinski definition) is 2. The maximum Gasteiger partial charge on any atom is 0.0767 e. The summed E-state index contributed by atoms with van der Waals surface area (Å²) >= 11 is 0. The van der Waals surface area contributed by atoms with Gasteiger partial charge >= 0.3 is 0 Å². The summed E-state index contributed by atoms with van der Waals surface area (Å²) in [5, 5.41) is 9.01. The summed E-state index contributed by atoms with van der Waals surface area (Å²) < 4.78 is 0. The molecule has 0 radical (unpaired) electrons. The Labute approximate surface area is 84.3 Å². The maximum absolute atomic E-state index is 9.01. The first kappa shape index (κ1) is 9.23. The van der Waals surface area contributed by atoms with E-state index in [0.29, 0.717) is 0 Å². The molecule has 2 nitrogen and oxygen atoms in total. The van der Waals surface area contributed by atoms with E-state index in [1.165, 1.54) is 5.56 Å². The van der Waals surface area contributed by atoms with Crippen molar-refractivity contribution in [2.24, 2.45) is 11.1 Å². The molecule has 1 atom stereocenters. The third kappa shape index (κ3) is 1.40. The minimum absolute atomic E-state index is 0.118. The van der Waals surface area contributed by atoms with Crippen molar-refractivity contribution < 1.29 is 0 Å². The highest BCUT2D eigenvalue weighted by Crippen LogP contribution is 2.53. The smallest absolute Gasteiger partial charge is 0.0767 e. The van der Waals surface area contributed by atoms with Gasteiger partial charge in [-0.3, -0.25) is 0 Å². The van der Waals surface area contributed by atoms with Crippen molar-refractivity contribution in [3.05, 3.63) is 35.4 Å². The number of nitrogens with two attached hydrogens (primary N) is 1. The standard InChI is InChI=1S/C12H14N2/c1-9-2-4-10(5-3-9)11(14)12(8-13)6-7-12/h2-5,11H,6-7,14H2,1H3. The van der Waals surface area contributed by atoms with Crippen molar-refractivity contribution in [3.63, 3.8) is 0 Å². The van der Waals surface area contributed by atoms with Crippen LogP contribution in [0.5, 0.6) is 0 Å².